The van der Waals surface area contributed by atoms with Crippen LogP contribution in [0.5, 0.6) is 0 Å². The van der Waals surface area contributed by atoms with Gasteiger partial charge in [-0.05, 0) is 83.3 Å². The fourth-order valence-electron chi connectivity index (χ4n) is 2.50. The molecule has 20 heavy (non-hydrogen) atoms. The van der Waals surface area contributed by atoms with Crippen molar-refractivity contribution in [1.82, 2.24) is 0 Å². The van der Waals surface area contributed by atoms with Gasteiger partial charge in [0.05, 0.1) is 5.69 Å². The zero-order valence-electron chi connectivity index (χ0n) is 10.7. The highest BCUT2D eigenvalue weighted by Gasteiger charge is 2.14. The lowest BCUT2D eigenvalue weighted by atomic mass is 10.1. The number of amides is 1. The van der Waals surface area contributed by atoms with E-state index < -0.39 is 0 Å². The van der Waals surface area contributed by atoms with E-state index in [9.17, 15) is 4.79 Å². The van der Waals surface area contributed by atoms with Crippen molar-refractivity contribution in [3.8, 4) is 0 Å². The maximum absolute atomic E-state index is 12.3. The highest BCUT2D eigenvalue weighted by molar-refractivity contribution is 14.1. The first-order valence-electron chi connectivity index (χ1n) is 6.52. The molecule has 0 bridgehead atoms. The number of carbonyl (C=O) groups excluding carboxylic acids is 1. The number of hydrogen-bond acceptors (Lipinski definition) is 1. The van der Waals surface area contributed by atoms with Gasteiger partial charge in [0.1, 0.15) is 0 Å². The molecule has 0 radical (unpaired) electrons. The summed E-state index contributed by atoms with van der Waals surface area (Å²) in [6, 6.07) is 11.4. The molecule has 1 amide bonds. The first-order chi connectivity index (χ1) is 9.63. The molecule has 0 atom stereocenters. The summed E-state index contributed by atoms with van der Waals surface area (Å²) in [6.45, 7) is 0. The minimum atomic E-state index is -0.0695. The van der Waals surface area contributed by atoms with Gasteiger partial charge in [-0.1, -0.05) is 17.7 Å². The maximum Gasteiger partial charge on any atom is 0.255 e. The molecule has 3 rings (SSSR count). The van der Waals surface area contributed by atoms with Crippen LogP contribution in [0.2, 0.25) is 5.02 Å². The van der Waals surface area contributed by atoms with Crippen LogP contribution in [0.3, 0.4) is 0 Å². The van der Waals surface area contributed by atoms with Crippen molar-refractivity contribution >= 4 is 45.8 Å². The SMILES string of the molecule is O=C(Nc1ccc(Cl)cc1I)c1ccc2c(c1)CCC2. The molecule has 0 heterocycles. The van der Waals surface area contributed by atoms with E-state index in [1.807, 2.05) is 24.3 Å². The highest BCUT2D eigenvalue weighted by atomic mass is 127. The number of rotatable bonds is 2. The Hall–Kier alpha value is -1.07. The number of anilines is 1. The normalized spacial score (nSPS) is 13.1. The second-order valence-electron chi connectivity index (χ2n) is 4.92. The summed E-state index contributed by atoms with van der Waals surface area (Å²) in [5.74, 6) is -0.0695. The van der Waals surface area contributed by atoms with Crippen LogP contribution < -0.4 is 5.32 Å². The van der Waals surface area contributed by atoms with Crippen LogP contribution in [-0.2, 0) is 12.8 Å². The molecule has 0 spiro atoms. The van der Waals surface area contributed by atoms with Crippen LogP contribution in [0.1, 0.15) is 27.9 Å². The number of carbonyl (C=O) groups is 1. The Kier molecular flexibility index (Phi) is 3.98. The number of fused-ring (bicyclic) bond motifs is 1. The molecule has 2 nitrogen and oxygen atoms in total. The van der Waals surface area contributed by atoms with Gasteiger partial charge in [-0.15, -0.1) is 0 Å². The molecule has 0 unspecified atom stereocenters. The van der Waals surface area contributed by atoms with Crippen LogP contribution in [0.4, 0.5) is 5.69 Å². The topological polar surface area (TPSA) is 29.1 Å². The smallest absolute Gasteiger partial charge is 0.255 e. The van der Waals surface area contributed by atoms with Crippen molar-refractivity contribution in [3.63, 3.8) is 0 Å². The molecule has 2 aromatic carbocycles. The molecule has 1 aliphatic carbocycles. The summed E-state index contributed by atoms with van der Waals surface area (Å²) in [7, 11) is 0. The minimum absolute atomic E-state index is 0.0695. The van der Waals surface area contributed by atoms with E-state index in [-0.39, 0.29) is 5.91 Å². The van der Waals surface area contributed by atoms with Gasteiger partial charge in [0.2, 0.25) is 0 Å². The molecular formula is C16H13ClINO. The molecule has 0 aromatic heterocycles. The summed E-state index contributed by atoms with van der Waals surface area (Å²) < 4.78 is 0.935. The zero-order valence-corrected chi connectivity index (χ0v) is 13.7. The van der Waals surface area contributed by atoms with Gasteiger partial charge in [-0.25, -0.2) is 0 Å². The molecule has 4 heteroatoms. The van der Waals surface area contributed by atoms with Crippen molar-refractivity contribution in [2.24, 2.45) is 0 Å². The Morgan fingerprint density at radius 2 is 1.90 bits per heavy atom. The van der Waals surface area contributed by atoms with Crippen molar-refractivity contribution in [2.45, 2.75) is 19.3 Å². The van der Waals surface area contributed by atoms with Gasteiger partial charge in [-0.3, -0.25) is 4.79 Å². The molecule has 1 N–H and O–H groups in total. The van der Waals surface area contributed by atoms with Gasteiger partial charge in [0.15, 0.2) is 0 Å². The van der Waals surface area contributed by atoms with Gasteiger partial charge < -0.3 is 5.32 Å². The third kappa shape index (κ3) is 2.83. The number of halogens is 2. The maximum atomic E-state index is 12.3. The van der Waals surface area contributed by atoms with Crippen LogP contribution >= 0.6 is 34.2 Å². The molecule has 0 saturated heterocycles. The third-order valence-electron chi connectivity index (χ3n) is 3.54. The van der Waals surface area contributed by atoms with E-state index in [4.69, 9.17) is 11.6 Å². The Bertz CT molecular complexity index is 684. The minimum Gasteiger partial charge on any atom is -0.321 e. The van der Waals surface area contributed by atoms with E-state index in [2.05, 4.69) is 34.0 Å². The molecule has 102 valence electrons. The Morgan fingerprint density at radius 1 is 1.10 bits per heavy atom. The summed E-state index contributed by atoms with van der Waals surface area (Å²) in [5.41, 5.74) is 4.20. The van der Waals surface area contributed by atoms with Crippen molar-refractivity contribution in [3.05, 3.63) is 61.7 Å². The fourth-order valence-corrected chi connectivity index (χ4v) is 3.50. The second-order valence-corrected chi connectivity index (χ2v) is 6.51. The Morgan fingerprint density at radius 3 is 2.70 bits per heavy atom. The predicted molar refractivity (Wildman–Crippen MR) is 90.6 cm³/mol. The molecule has 2 aromatic rings. The lowest BCUT2D eigenvalue weighted by Gasteiger charge is -2.09. The van der Waals surface area contributed by atoms with Crippen LogP contribution in [0.25, 0.3) is 0 Å². The average Bonchev–Trinajstić information content (AvgIpc) is 2.89. The van der Waals surface area contributed by atoms with Gasteiger partial charge in [-0.2, -0.15) is 0 Å². The standard InChI is InChI=1S/C16H13ClINO/c17-13-6-7-15(14(18)9-13)19-16(20)12-5-4-10-2-1-3-11(10)8-12/h4-9H,1-3H2,(H,19,20). The van der Waals surface area contributed by atoms with Crippen LogP contribution in [-0.4, -0.2) is 5.91 Å². The van der Waals surface area contributed by atoms with Crippen molar-refractivity contribution < 1.29 is 4.79 Å². The second kappa shape index (κ2) is 5.74. The number of aryl methyl sites for hydroxylation is 2. The first kappa shape index (κ1) is 13.9. The summed E-state index contributed by atoms with van der Waals surface area (Å²) in [6.07, 6.45) is 3.40. The largest absolute Gasteiger partial charge is 0.321 e. The molecule has 0 fully saturated rings. The number of benzene rings is 2. The summed E-state index contributed by atoms with van der Waals surface area (Å²) in [4.78, 5) is 12.3. The van der Waals surface area contributed by atoms with Crippen LogP contribution in [0.15, 0.2) is 36.4 Å². The zero-order chi connectivity index (χ0) is 14.1. The lowest BCUT2D eigenvalue weighted by Crippen LogP contribution is -2.13. The van der Waals surface area contributed by atoms with Gasteiger partial charge in [0.25, 0.3) is 5.91 Å². The van der Waals surface area contributed by atoms with E-state index in [0.717, 1.165) is 27.7 Å². The van der Waals surface area contributed by atoms with E-state index in [0.29, 0.717) is 5.02 Å². The number of hydrogen-bond donors (Lipinski definition) is 1. The van der Waals surface area contributed by atoms with E-state index in [1.165, 1.54) is 17.5 Å². The van der Waals surface area contributed by atoms with Gasteiger partial charge in [0, 0.05) is 14.2 Å². The molecule has 0 aliphatic heterocycles. The van der Waals surface area contributed by atoms with E-state index >= 15 is 0 Å². The molecule has 0 saturated carbocycles. The highest BCUT2D eigenvalue weighted by Crippen LogP contribution is 2.25. The average molecular weight is 398 g/mol. The van der Waals surface area contributed by atoms with Crippen molar-refractivity contribution in [1.29, 1.82) is 0 Å². The predicted octanol–water partition coefficient (Wildman–Crippen LogP) is 4.69. The molecule has 1 aliphatic rings. The monoisotopic (exact) mass is 397 g/mol. The lowest BCUT2D eigenvalue weighted by molar-refractivity contribution is 0.102. The van der Waals surface area contributed by atoms with E-state index in [1.54, 1.807) is 6.07 Å². The summed E-state index contributed by atoms with van der Waals surface area (Å²) >= 11 is 8.09. The fraction of sp³-hybridized carbons (Fsp3) is 0.188. The van der Waals surface area contributed by atoms with Crippen molar-refractivity contribution in [2.75, 3.05) is 5.32 Å². The van der Waals surface area contributed by atoms with Crippen LogP contribution in [0, 0.1) is 3.57 Å². The third-order valence-corrected chi connectivity index (χ3v) is 4.67. The Balaban J connectivity index is 1.82. The first-order valence-corrected chi connectivity index (χ1v) is 7.97. The number of nitrogens with one attached hydrogen (secondary N) is 1. The quantitative estimate of drug-likeness (QED) is 0.732. The van der Waals surface area contributed by atoms with Gasteiger partial charge >= 0.3 is 0 Å². The Labute approximate surface area is 136 Å². The summed E-state index contributed by atoms with van der Waals surface area (Å²) in [5, 5.41) is 3.61. The molecular weight excluding hydrogens is 385 g/mol.